The van der Waals surface area contributed by atoms with Gasteiger partial charge in [-0.05, 0) is 36.1 Å². The molecule has 0 aromatic heterocycles. The molecule has 0 amide bonds. The van der Waals surface area contributed by atoms with Gasteiger partial charge in [-0.2, -0.15) is 10.6 Å². The van der Waals surface area contributed by atoms with Crippen LogP contribution in [0.1, 0.15) is 19.8 Å². The summed E-state index contributed by atoms with van der Waals surface area (Å²) in [5.74, 6) is -2.88. The van der Waals surface area contributed by atoms with E-state index in [9.17, 15) is 14.4 Å². The first kappa shape index (κ1) is 39.3. The van der Waals surface area contributed by atoms with E-state index in [0.717, 1.165) is 11.1 Å². The minimum absolute atomic E-state index is 0.0125. The molecule has 0 saturated heterocycles. The predicted molar refractivity (Wildman–Crippen MR) is 201 cm³/mol. The van der Waals surface area contributed by atoms with Crippen LogP contribution in [0.15, 0.2) is 121 Å². The molecule has 2 radical (unpaired) electrons. The van der Waals surface area contributed by atoms with Crippen molar-refractivity contribution in [2.24, 2.45) is 11.8 Å². The van der Waals surface area contributed by atoms with Crippen LogP contribution in [0.2, 0.25) is 6.04 Å². The third-order valence-corrected chi connectivity index (χ3v) is 12.6. The van der Waals surface area contributed by atoms with Crippen LogP contribution in [0.5, 0.6) is 11.5 Å². The highest BCUT2D eigenvalue weighted by atomic mass is 32.3. The Morgan fingerprint density at radius 1 is 0.647 bits per heavy atom. The van der Waals surface area contributed by atoms with Crippen molar-refractivity contribution in [1.29, 1.82) is 0 Å². The number of para-hydroxylation sites is 2. The minimum Gasteiger partial charge on any atom is -0.469 e. The molecule has 0 aliphatic rings. The van der Waals surface area contributed by atoms with Crippen LogP contribution >= 0.6 is 10.6 Å². The fourth-order valence-electron chi connectivity index (χ4n) is 5.80. The normalized spacial score (nSPS) is 13.4. The van der Waals surface area contributed by atoms with Crippen molar-refractivity contribution >= 4 is 38.3 Å². The van der Waals surface area contributed by atoms with Crippen molar-refractivity contribution in [2.75, 3.05) is 28.4 Å². The highest BCUT2D eigenvalue weighted by Gasteiger charge is 2.44. The summed E-state index contributed by atoms with van der Waals surface area (Å²) in [5.41, 5.74) is 3.12. The first-order chi connectivity index (χ1) is 24.7. The van der Waals surface area contributed by atoms with E-state index < -0.39 is 45.6 Å². The number of hydrogen-bond donors (Lipinski definition) is 0. The summed E-state index contributed by atoms with van der Waals surface area (Å²) in [7, 11) is 2.83. The van der Waals surface area contributed by atoms with Gasteiger partial charge in [0, 0.05) is 29.2 Å². The first-order valence-corrected chi connectivity index (χ1v) is 19.0. The smallest absolute Gasteiger partial charge is 0.334 e. The second-order valence-electron chi connectivity index (χ2n) is 11.6. The number of carbonyl (C=O) groups is 3. The Balaban J connectivity index is 1.79. The number of allylic oxidation sites excluding steroid dienone is 1. The van der Waals surface area contributed by atoms with Crippen molar-refractivity contribution < 1.29 is 41.4 Å². The van der Waals surface area contributed by atoms with E-state index in [1.807, 2.05) is 84.9 Å². The highest BCUT2D eigenvalue weighted by molar-refractivity contribution is 8.30. The monoisotopic (exact) mass is 728 g/mol. The number of rotatable bonds is 18. The molecular formula is C40H44O9SSi. The van der Waals surface area contributed by atoms with E-state index in [1.54, 1.807) is 38.3 Å². The molecule has 0 fully saturated rings. The standard InChI is InChI=1S/C40H44O9SSi/c1-28(38(41)44-3)25-32(39(42)48-35-23-15-13-21-33(35)30-17-9-7-10-18-30)26-37(50(45-4,46-5)29(2)27-51-47-6)40(43)49-36-24-16-14-22-34(36)31-19-11-8-12-20-31/h7-24,28,32,37H,2,25-27H2,1,3-6H3. The van der Waals surface area contributed by atoms with Gasteiger partial charge in [-0.25, -0.2) is 4.79 Å². The van der Waals surface area contributed by atoms with Crippen molar-refractivity contribution in [3.63, 3.8) is 0 Å². The largest absolute Gasteiger partial charge is 0.469 e. The topological polar surface area (TPSA) is 107 Å². The maximum atomic E-state index is 14.6. The molecule has 3 atom stereocenters. The number of ether oxygens (including phenoxy) is 3. The molecule has 11 heteroatoms. The lowest BCUT2D eigenvalue weighted by Gasteiger charge is -2.47. The number of methoxy groups -OCH3 is 1. The summed E-state index contributed by atoms with van der Waals surface area (Å²) in [6.07, 6.45) is -0.134. The molecule has 268 valence electrons. The Kier molecular flexibility index (Phi) is 14.8. The molecule has 0 aliphatic heterocycles. The van der Waals surface area contributed by atoms with Gasteiger partial charge in [-0.1, -0.05) is 111 Å². The van der Waals surface area contributed by atoms with Gasteiger partial charge in [0.05, 0.1) is 33.2 Å². The quantitative estimate of drug-likeness (QED) is 0.0569. The minimum atomic E-state index is -2.94. The van der Waals surface area contributed by atoms with Crippen molar-refractivity contribution in [2.45, 2.75) is 31.1 Å². The van der Waals surface area contributed by atoms with Crippen LogP contribution in [-0.4, -0.2) is 61.4 Å². The molecule has 9 nitrogen and oxygen atoms in total. The summed E-state index contributed by atoms with van der Waals surface area (Å²) in [5, 5.41) is -1.17. The van der Waals surface area contributed by atoms with Crippen LogP contribution in [0.4, 0.5) is 0 Å². The Hall–Kier alpha value is -4.52. The molecule has 0 aliphatic carbocycles. The fraction of sp³-hybridized carbons (Fsp3) is 0.275. The van der Waals surface area contributed by atoms with Crippen LogP contribution in [-0.2, 0) is 31.9 Å². The van der Waals surface area contributed by atoms with Gasteiger partial charge in [0.1, 0.15) is 11.5 Å². The first-order valence-electron chi connectivity index (χ1n) is 16.4. The summed E-state index contributed by atoms with van der Waals surface area (Å²) >= 11 is 0. The lowest BCUT2D eigenvalue weighted by molar-refractivity contribution is -0.147. The Bertz CT molecular complexity index is 1760. The van der Waals surface area contributed by atoms with Crippen LogP contribution < -0.4 is 9.47 Å². The van der Waals surface area contributed by atoms with Gasteiger partial charge >= 0.3 is 17.9 Å². The highest BCUT2D eigenvalue weighted by Crippen LogP contribution is 2.63. The van der Waals surface area contributed by atoms with Gasteiger partial charge in [-0.15, -0.1) is 0 Å². The van der Waals surface area contributed by atoms with E-state index in [0.29, 0.717) is 33.6 Å². The van der Waals surface area contributed by atoms with Gasteiger partial charge in [0.15, 0.2) is 5.25 Å². The molecule has 4 rings (SSSR count). The zero-order valence-corrected chi connectivity index (χ0v) is 31.4. The maximum absolute atomic E-state index is 14.6. The lowest BCUT2D eigenvalue weighted by atomic mass is 9.91. The van der Waals surface area contributed by atoms with Crippen molar-refractivity contribution in [3.05, 3.63) is 121 Å². The van der Waals surface area contributed by atoms with Crippen LogP contribution in [0, 0.1) is 11.8 Å². The van der Waals surface area contributed by atoms with E-state index >= 15 is 0 Å². The maximum Gasteiger partial charge on any atom is 0.334 e. The van der Waals surface area contributed by atoms with Crippen LogP contribution in [0.3, 0.4) is 0 Å². The molecule has 51 heavy (non-hydrogen) atoms. The lowest BCUT2D eigenvalue weighted by Crippen LogP contribution is -2.38. The molecule has 0 bridgehead atoms. The zero-order chi connectivity index (χ0) is 36.8. The second kappa shape index (κ2) is 19.2. The molecule has 0 saturated carbocycles. The van der Waals surface area contributed by atoms with E-state index in [4.69, 9.17) is 27.0 Å². The molecule has 3 unspecified atom stereocenters. The van der Waals surface area contributed by atoms with E-state index in [-0.39, 0.29) is 22.6 Å². The molecular weight excluding hydrogens is 685 g/mol. The fourth-order valence-corrected chi connectivity index (χ4v) is 9.35. The Morgan fingerprint density at radius 2 is 1.12 bits per heavy atom. The molecule has 4 aromatic carbocycles. The van der Waals surface area contributed by atoms with Gasteiger partial charge in [0.25, 0.3) is 0 Å². The Morgan fingerprint density at radius 3 is 1.59 bits per heavy atom. The Labute approximate surface area is 304 Å². The number of esters is 3. The number of benzene rings is 4. The van der Waals surface area contributed by atoms with Crippen molar-refractivity contribution in [3.8, 4) is 33.8 Å². The average Bonchev–Trinajstić information content (AvgIpc) is 3.17. The van der Waals surface area contributed by atoms with Crippen molar-refractivity contribution in [1.82, 2.24) is 0 Å². The SMILES string of the molecule is C=C(C[Si]OC)S(OC)(OC)C(CC(CC(C)C(=O)OC)C(=O)Oc1ccccc1-c1ccccc1)C(=O)Oc1ccccc1-c1ccccc1. The van der Waals surface area contributed by atoms with Crippen LogP contribution in [0.25, 0.3) is 22.3 Å². The number of hydrogen-bond acceptors (Lipinski definition) is 9. The summed E-state index contributed by atoms with van der Waals surface area (Å²) < 4.78 is 34.8. The number of carbonyl (C=O) groups excluding carboxylic acids is 3. The molecule has 0 spiro atoms. The summed E-state index contributed by atoms with van der Waals surface area (Å²) in [6.45, 7) is 5.93. The zero-order valence-electron chi connectivity index (χ0n) is 29.5. The van der Waals surface area contributed by atoms with Gasteiger partial charge in [-0.3, -0.25) is 18.0 Å². The third kappa shape index (κ3) is 9.84. The van der Waals surface area contributed by atoms with E-state index in [1.165, 1.54) is 21.3 Å². The van der Waals surface area contributed by atoms with E-state index in [2.05, 4.69) is 6.58 Å². The molecule has 4 aromatic rings. The second-order valence-corrected chi connectivity index (χ2v) is 15.5. The molecule has 0 N–H and O–H groups in total. The predicted octanol–water partition coefficient (Wildman–Crippen LogP) is 8.23. The van der Waals surface area contributed by atoms with Gasteiger partial charge in [0.2, 0.25) is 9.76 Å². The average molecular weight is 729 g/mol. The summed E-state index contributed by atoms with van der Waals surface area (Å²) in [4.78, 5) is 42.1. The van der Waals surface area contributed by atoms with Gasteiger partial charge < -0.3 is 18.6 Å². The summed E-state index contributed by atoms with van der Waals surface area (Å²) in [6, 6.07) is 33.8. The molecule has 0 heterocycles. The third-order valence-electron chi connectivity index (χ3n) is 8.39.